The highest BCUT2D eigenvalue weighted by Crippen LogP contribution is 2.17. The molecule has 7 nitrogen and oxygen atoms in total. The Kier molecular flexibility index (Phi) is 6.26. The van der Waals surface area contributed by atoms with Crippen molar-refractivity contribution in [2.75, 3.05) is 35.6 Å². The van der Waals surface area contributed by atoms with E-state index in [1.54, 1.807) is 42.5 Å². The summed E-state index contributed by atoms with van der Waals surface area (Å²) >= 11 is 0. The third-order valence-corrected chi connectivity index (χ3v) is 4.42. The Morgan fingerprint density at radius 1 is 0.893 bits per heavy atom. The maximum atomic E-state index is 12.5. The van der Waals surface area contributed by atoms with Gasteiger partial charge in [0.25, 0.3) is 5.91 Å². The Hall–Kier alpha value is -3.35. The highest BCUT2D eigenvalue weighted by atomic mass is 16.2. The average molecular weight is 380 g/mol. The molecule has 0 saturated carbocycles. The van der Waals surface area contributed by atoms with Gasteiger partial charge in [-0.2, -0.15) is 0 Å². The molecule has 2 aromatic carbocycles. The van der Waals surface area contributed by atoms with Gasteiger partial charge < -0.3 is 20.9 Å². The van der Waals surface area contributed by atoms with Gasteiger partial charge >= 0.3 is 0 Å². The monoisotopic (exact) mass is 380 g/mol. The smallest absolute Gasteiger partial charge is 0.253 e. The molecule has 7 heteroatoms. The summed E-state index contributed by atoms with van der Waals surface area (Å²) < 4.78 is 0. The molecule has 0 unspecified atom stereocenters. The van der Waals surface area contributed by atoms with E-state index in [-0.39, 0.29) is 24.3 Å². The van der Waals surface area contributed by atoms with E-state index in [0.717, 1.165) is 31.6 Å². The summed E-state index contributed by atoms with van der Waals surface area (Å²) in [5, 5.41) is 8.52. The number of rotatable bonds is 6. The average Bonchev–Trinajstić information content (AvgIpc) is 3.20. The first-order valence-electron chi connectivity index (χ1n) is 9.32. The second-order valence-electron chi connectivity index (χ2n) is 6.74. The molecule has 3 N–H and O–H groups in total. The van der Waals surface area contributed by atoms with Gasteiger partial charge in [0.15, 0.2) is 0 Å². The Bertz CT molecular complexity index is 875. The summed E-state index contributed by atoms with van der Waals surface area (Å²) in [6.07, 6.45) is 2.08. The molecule has 146 valence electrons. The molecule has 2 aromatic rings. The number of nitrogens with zero attached hydrogens (tertiary/aromatic N) is 1. The third kappa shape index (κ3) is 5.33. The van der Waals surface area contributed by atoms with Crippen LogP contribution in [-0.2, 0) is 9.59 Å². The van der Waals surface area contributed by atoms with Crippen molar-refractivity contribution in [1.82, 2.24) is 4.90 Å². The van der Waals surface area contributed by atoms with Gasteiger partial charge in [-0.15, -0.1) is 0 Å². The van der Waals surface area contributed by atoms with Crippen LogP contribution in [0.3, 0.4) is 0 Å². The molecule has 1 aliphatic rings. The fraction of sp³-hybridized carbons (Fsp3) is 0.286. The van der Waals surface area contributed by atoms with E-state index in [2.05, 4.69) is 16.0 Å². The quantitative estimate of drug-likeness (QED) is 0.719. The Morgan fingerprint density at radius 2 is 1.54 bits per heavy atom. The maximum Gasteiger partial charge on any atom is 0.253 e. The number of hydrogen-bond donors (Lipinski definition) is 3. The number of anilines is 3. The van der Waals surface area contributed by atoms with Crippen molar-refractivity contribution in [1.29, 1.82) is 0 Å². The minimum Gasteiger partial charge on any atom is -0.376 e. The van der Waals surface area contributed by atoms with E-state index < -0.39 is 0 Å². The van der Waals surface area contributed by atoms with E-state index in [4.69, 9.17) is 0 Å². The molecule has 0 aliphatic carbocycles. The number of carbonyl (C=O) groups is 3. The van der Waals surface area contributed by atoms with E-state index in [9.17, 15) is 14.4 Å². The van der Waals surface area contributed by atoms with Gasteiger partial charge in [-0.3, -0.25) is 14.4 Å². The first-order chi connectivity index (χ1) is 13.5. The molecule has 0 bridgehead atoms. The Labute approximate surface area is 164 Å². The van der Waals surface area contributed by atoms with Crippen LogP contribution in [0.25, 0.3) is 0 Å². The van der Waals surface area contributed by atoms with Gasteiger partial charge in [0, 0.05) is 42.6 Å². The lowest BCUT2D eigenvalue weighted by Crippen LogP contribution is -2.27. The maximum absolute atomic E-state index is 12.5. The molecule has 1 aliphatic heterocycles. The van der Waals surface area contributed by atoms with Crippen molar-refractivity contribution in [2.45, 2.75) is 19.8 Å². The molecular weight excluding hydrogens is 356 g/mol. The van der Waals surface area contributed by atoms with Crippen molar-refractivity contribution in [3.05, 3.63) is 54.1 Å². The molecule has 1 fully saturated rings. The number of benzene rings is 2. The zero-order chi connectivity index (χ0) is 19.9. The van der Waals surface area contributed by atoms with Crippen LogP contribution in [0, 0.1) is 0 Å². The lowest BCUT2D eigenvalue weighted by atomic mass is 10.1. The van der Waals surface area contributed by atoms with Gasteiger partial charge in [-0.25, -0.2) is 0 Å². The minimum absolute atomic E-state index is 0.00140. The van der Waals surface area contributed by atoms with Crippen LogP contribution in [0.15, 0.2) is 48.5 Å². The zero-order valence-electron chi connectivity index (χ0n) is 15.8. The molecule has 0 aromatic heterocycles. The largest absolute Gasteiger partial charge is 0.376 e. The molecule has 28 heavy (non-hydrogen) atoms. The highest BCUT2D eigenvalue weighted by Gasteiger charge is 2.19. The topological polar surface area (TPSA) is 90.5 Å². The molecule has 3 amide bonds. The van der Waals surface area contributed by atoms with Crippen LogP contribution >= 0.6 is 0 Å². The second-order valence-corrected chi connectivity index (χ2v) is 6.74. The Balaban J connectivity index is 1.55. The molecule has 0 spiro atoms. The van der Waals surface area contributed by atoms with Crippen molar-refractivity contribution in [3.8, 4) is 0 Å². The van der Waals surface area contributed by atoms with E-state index >= 15 is 0 Å². The number of hydrogen-bond acceptors (Lipinski definition) is 4. The van der Waals surface area contributed by atoms with Crippen LogP contribution in [0.5, 0.6) is 0 Å². The van der Waals surface area contributed by atoms with Crippen LogP contribution in [0.4, 0.5) is 17.1 Å². The van der Waals surface area contributed by atoms with Crippen LogP contribution in [-0.4, -0.2) is 42.3 Å². The van der Waals surface area contributed by atoms with Crippen molar-refractivity contribution in [3.63, 3.8) is 0 Å². The lowest BCUT2D eigenvalue weighted by molar-refractivity contribution is -0.115. The van der Waals surface area contributed by atoms with Gasteiger partial charge in [-0.05, 0) is 49.2 Å². The summed E-state index contributed by atoms with van der Waals surface area (Å²) in [6.45, 7) is 3.08. The number of amides is 3. The molecule has 1 heterocycles. The lowest BCUT2D eigenvalue weighted by Gasteiger charge is -2.16. The van der Waals surface area contributed by atoms with Gasteiger partial charge in [0.1, 0.15) is 0 Å². The molecular formula is C21H24N4O3. The van der Waals surface area contributed by atoms with Crippen LogP contribution in [0.2, 0.25) is 0 Å². The summed E-state index contributed by atoms with van der Waals surface area (Å²) in [4.78, 5) is 37.7. The van der Waals surface area contributed by atoms with Crippen molar-refractivity contribution >= 4 is 34.8 Å². The van der Waals surface area contributed by atoms with Gasteiger partial charge in [0.05, 0.1) is 6.54 Å². The SMILES string of the molecule is CC(=O)Nc1cccc(NCC(=O)Nc2cccc(C(=O)N3CCCC3)c2)c1. The number of carbonyl (C=O) groups excluding carboxylic acids is 3. The summed E-state index contributed by atoms with van der Waals surface area (Å²) in [5.74, 6) is -0.379. The van der Waals surface area contributed by atoms with E-state index in [1.807, 2.05) is 11.0 Å². The Morgan fingerprint density at radius 3 is 2.25 bits per heavy atom. The standard InChI is InChI=1S/C21H24N4O3/c1-15(26)23-19-9-5-7-17(13-19)22-14-20(27)24-18-8-4-6-16(12-18)21(28)25-10-2-3-11-25/h4-9,12-13,22H,2-3,10-11,14H2,1H3,(H,23,26)(H,24,27). The molecule has 3 rings (SSSR count). The summed E-state index contributed by atoms with van der Waals surface area (Å²) in [6, 6.07) is 14.1. The predicted molar refractivity (Wildman–Crippen MR) is 109 cm³/mol. The fourth-order valence-electron chi connectivity index (χ4n) is 3.13. The number of likely N-dealkylation sites (tertiary alicyclic amines) is 1. The second kappa shape index (κ2) is 9.03. The number of nitrogens with one attached hydrogen (secondary N) is 3. The zero-order valence-corrected chi connectivity index (χ0v) is 15.8. The molecule has 0 atom stereocenters. The van der Waals surface area contributed by atoms with E-state index in [1.165, 1.54) is 6.92 Å². The minimum atomic E-state index is -0.226. The third-order valence-electron chi connectivity index (χ3n) is 4.42. The van der Waals surface area contributed by atoms with Crippen molar-refractivity contribution in [2.24, 2.45) is 0 Å². The van der Waals surface area contributed by atoms with Crippen molar-refractivity contribution < 1.29 is 14.4 Å². The van der Waals surface area contributed by atoms with E-state index in [0.29, 0.717) is 16.9 Å². The normalized spacial score (nSPS) is 13.1. The first kappa shape index (κ1) is 19.4. The van der Waals surface area contributed by atoms with Crippen LogP contribution < -0.4 is 16.0 Å². The first-order valence-corrected chi connectivity index (χ1v) is 9.32. The van der Waals surface area contributed by atoms with Gasteiger partial charge in [0.2, 0.25) is 11.8 Å². The summed E-state index contributed by atoms with van der Waals surface area (Å²) in [7, 11) is 0. The predicted octanol–water partition coefficient (Wildman–Crippen LogP) is 2.93. The summed E-state index contributed by atoms with van der Waals surface area (Å²) in [5.41, 5.74) is 2.55. The van der Waals surface area contributed by atoms with Gasteiger partial charge in [-0.1, -0.05) is 12.1 Å². The molecule has 0 radical (unpaired) electrons. The fourth-order valence-corrected chi connectivity index (χ4v) is 3.13. The highest BCUT2D eigenvalue weighted by molar-refractivity contribution is 5.98. The van der Waals surface area contributed by atoms with Crippen LogP contribution in [0.1, 0.15) is 30.1 Å². The molecule has 1 saturated heterocycles.